The van der Waals surface area contributed by atoms with Crippen molar-refractivity contribution in [1.29, 1.82) is 0 Å². The number of carboxylic acids is 2. The van der Waals surface area contributed by atoms with Crippen molar-refractivity contribution in [3.8, 4) is 0 Å². The van der Waals surface area contributed by atoms with Gasteiger partial charge in [0.25, 0.3) is 5.56 Å². The molecular weight excluding hydrogens is 412 g/mol. The van der Waals surface area contributed by atoms with Gasteiger partial charge in [-0.3, -0.25) is 24.3 Å². The Hall–Kier alpha value is -4.22. The number of nitrogens with one attached hydrogen (secondary N) is 2. The van der Waals surface area contributed by atoms with Gasteiger partial charge in [-0.25, -0.2) is 14.6 Å². The fourth-order valence-electron chi connectivity index (χ4n) is 2.47. The molecule has 0 aliphatic carbocycles. The first-order valence-electron chi connectivity index (χ1n) is 8.95. The average molecular weight is 432 g/mol. The lowest BCUT2D eigenvalue weighted by Crippen LogP contribution is -2.45. The third kappa shape index (κ3) is 6.96. The van der Waals surface area contributed by atoms with Gasteiger partial charge in [0.1, 0.15) is 30.7 Å². The summed E-state index contributed by atoms with van der Waals surface area (Å²) >= 11 is 0. The lowest BCUT2D eigenvalue weighted by molar-refractivity contribution is -0.147. The van der Waals surface area contributed by atoms with Gasteiger partial charge in [-0.2, -0.15) is 0 Å². The monoisotopic (exact) mass is 432 g/mol. The molecular formula is C19H20N4O8. The molecule has 0 saturated carbocycles. The number of benzene rings is 1. The third-order valence-electron chi connectivity index (χ3n) is 4.01. The van der Waals surface area contributed by atoms with Crippen LogP contribution in [-0.2, 0) is 32.3 Å². The standard InChI is InChI=1S/C19H20N4O8/c1-11-20-8-14(22-19(30)31-10-12-5-3-2-4-6-12)17(27)23(11)9-15(24)21-13(18(28)29)7-16(25)26/h2-6,8,13H,7,9-10H2,1H3,(H,21,24)(H,22,30)(H,25,26)(H,28,29)/t13-/m0/s1. The SMILES string of the molecule is Cc1ncc(NC(=O)OCc2ccccc2)c(=O)n1CC(=O)N[C@@H](CC(=O)O)C(=O)O. The molecule has 0 saturated heterocycles. The Balaban J connectivity index is 2.06. The van der Waals surface area contributed by atoms with Crippen LogP contribution < -0.4 is 16.2 Å². The van der Waals surface area contributed by atoms with Crippen molar-refractivity contribution in [3.63, 3.8) is 0 Å². The highest BCUT2D eigenvalue weighted by Crippen LogP contribution is 2.04. The predicted octanol–water partition coefficient (Wildman–Crippen LogP) is 0.345. The van der Waals surface area contributed by atoms with Crippen LogP contribution in [0.15, 0.2) is 41.3 Å². The highest BCUT2D eigenvalue weighted by molar-refractivity contribution is 5.87. The lowest BCUT2D eigenvalue weighted by Gasteiger charge is -2.15. The Morgan fingerprint density at radius 1 is 1.16 bits per heavy atom. The van der Waals surface area contributed by atoms with E-state index in [2.05, 4.69) is 10.3 Å². The summed E-state index contributed by atoms with van der Waals surface area (Å²) < 4.78 is 5.93. The second-order valence-corrected chi connectivity index (χ2v) is 6.35. The number of hydrogen-bond donors (Lipinski definition) is 4. The van der Waals surface area contributed by atoms with Crippen molar-refractivity contribution in [1.82, 2.24) is 14.9 Å². The number of aromatic nitrogens is 2. The van der Waals surface area contributed by atoms with Crippen molar-refractivity contribution in [2.45, 2.75) is 32.5 Å². The summed E-state index contributed by atoms with van der Waals surface area (Å²) in [5.41, 5.74) is -0.288. The van der Waals surface area contributed by atoms with Crippen molar-refractivity contribution in [3.05, 3.63) is 58.3 Å². The van der Waals surface area contributed by atoms with E-state index in [1.54, 1.807) is 30.3 Å². The minimum atomic E-state index is -1.66. The van der Waals surface area contributed by atoms with Crippen molar-refractivity contribution < 1.29 is 34.1 Å². The maximum atomic E-state index is 12.6. The summed E-state index contributed by atoms with van der Waals surface area (Å²) in [6.07, 6.45) is -0.641. The van der Waals surface area contributed by atoms with Gasteiger partial charge in [0.05, 0.1) is 12.6 Å². The highest BCUT2D eigenvalue weighted by atomic mass is 16.5. The van der Waals surface area contributed by atoms with Gasteiger partial charge < -0.3 is 20.3 Å². The molecule has 0 aliphatic rings. The van der Waals surface area contributed by atoms with E-state index >= 15 is 0 Å². The smallest absolute Gasteiger partial charge is 0.412 e. The fourth-order valence-corrected chi connectivity index (χ4v) is 2.47. The number of nitrogens with zero attached hydrogens (tertiary/aromatic N) is 2. The summed E-state index contributed by atoms with van der Waals surface area (Å²) in [5.74, 6) is -3.74. The zero-order valence-corrected chi connectivity index (χ0v) is 16.4. The lowest BCUT2D eigenvalue weighted by atomic mass is 10.2. The summed E-state index contributed by atoms with van der Waals surface area (Å²) in [5, 5.41) is 22.0. The zero-order valence-electron chi connectivity index (χ0n) is 16.4. The number of aliphatic carboxylic acids is 2. The van der Waals surface area contributed by atoms with Gasteiger partial charge >= 0.3 is 18.0 Å². The van der Waals surface area contributed by atoms with Crippen LogP contribution >= 0.6 is 0 Å². The molecule has 4 N–H and O–H groups in total. The highest BCUT2D eigenvalue weighted by Gasteiger charge is 2.24. The first kappa shape index (κ1) is 23.1. The number of anilines is 1. The van der Waals surface area contributed by atoms with Gasteiger partial charge in [0, 0.05) is 0 Å². The summed E-state index contributed by atoms with van der Waals surface area (Å²) in [7, 11) is 0. The molecule has 31 heavy (non-hydrogen) atoms. The van der Waals surface area contributed by atoms with Crippen LogP contribution in [0.4, 0.5) is 10.5 Å². The number of carbonyl (C=O) groups excluding carboxylic acids is 2. The summed E-state index contributed by atoms with van der Waals surface area (Å²) in [6.45, 7) is 0.774. The van der Waals surface area contributed by atoms with Gasteiger partial charge in [-0.15, -0.1) is 0 Å². The maximum absolute atomic E-state index is 12.6. The molecule has 2 rings (SSSR count). The van der Waals surface area contributed by atoms with Crippen LogP contribution in [0.2, 0.25) is 0 Å². The van der Waals surface area contributed by atoms with Crippen LogP contribution in [0.5, 0.6) is 0 Å². The molecule has 1 aromatic carbocycles. The van der Waals surface area contributed by atoms with Gasteiger partial charge in [0.2, 0.25) is 5.91 Å². The van der Waals surface area contributed by atoms with E-state index < -0.39 is 48.5 Å². The Morgan fingerprint density at radius 3 is 2.45 bits per heavy atom. The van der Waals surface area contributed by atoms with Crippen LogP contribution in [0.3, 0.4) is 0 Å². The number of aryl methyl sites for hydroxylation is 1. The number of rotatable bonds is 9. The normalized spacial score (nSPS) is 11.3. The molecule has 0 fully saturated rings. The molecule has 2 aromatic rings. The van der Waals surface area contributed by atoms with E-state index in [1.165, 1.54) is 6.92 Å². The number of carbonyl (C=O) groups is 4. The minimum absolute atomic E-state index is 0.0251. The second kappa shape index (κ2) is 10.5. The molecule has 1 heterocycles. The molecule has 0 spiro atoms. The maximum Gasteiger partial charge on any atom is 0.412 e. The van der Waals surface area contributed by atoms with Gasteiger partial charge in [0.15, 0.2) is 0 Å². The van der Waals surface area contributed by atoms with Gasteiger partial charge in [-0.1, -0.05) is 30.3 Å². The van der Waals surface area contributed by atoms with Crippen LogP contribution in [0.25, 0.3) is 0 Å². The Morgan fingerprint density at radius 2 is 1.84 bits per heavy atom. The molecule has 164 valence electrons. The molecule has 1 atom stereocenters. The predicted molar refractivity (Wildman–Crippen MR) is 105 cm³/mol. The molecule has 0 aliphatic heterocycles. The van der Waals surface area contributed by atoms with Gasteiger partial charge in [-0.05, 0) is 12.5 Å². The van der Waals surface area contributed by atoms with Crippen LogP contribution in [0, 0.1) is 6.92 Å². The van der Waals surface area contributed by atoms with E-state index in [9.17, 15) is 24.0 Å². The molecule has 12 nitrogen and oxygen atoms in total. The van der Waals surface area contributed by atoms with E-state index in [0.717, 1.165) is 16.3 Å². The number of ether oxygens (including phenoxy) is 1. The minimum Gasteiger partial charge on any atom is -0.481 e. The summed E-state index contributed by atoms with van der Waals surface area (Å²) in [4.78, 5) is 62.4. The van der Waals surface area contributed by atoms with Crippen LogP contribution in [0.1, 0.15) is 17.8 Å². The van der Waals surface area contributed by atoms with Crippen molar-refractivity contribution in [2.75, 3.05) is 5.32 Å². The Labute approximate surface area is 175 Å². The fraction of sp³-hybridized carbons (Fsp3) is 0.263. The molecule has 0 bridgehead atoms. The number of amides is 2. The first-order chi connectivity index (χ1) is 14.7. The van der Waals surface area contributed by atoms with E-state index in [0.29, 0.717) is 0 Å². The van der Waals surface area contributed by atoms with Crippen LogP contribution in [-0.4, -0.2) is 49.7 Å². The molecule has 12 heteroatoms. The Kier molecular flexibility index (Phi) is 7.83. The quantitative estimate of drug-likeness (QED) is 0.435. The Bertz CT molecular complexity index is 1030. The molecule has 0 unspecified atom stereocenters. The molecule has 2 amide bonds. The topological polar surface area (TPSA) is 177 Å². The molecule has 0 radical (unpaired) electrons. The van der Waals surface area contributed by atoms with E-state index in [1.807, 2.05) is 5.32 Å². The number of carboxylic acid groups (broad SMARTS) is 2. The first-order valence-corrected chi connectivity index (χ1v) is 8.95. The largest absolute Gasteiger partial charge is 0.481 e. The van der Waals surface area contributed by atoms with Crippen molar-refractivity contribution in [2.24, 2.45) is 0 Å². The third-order valence-corrected chi connectivity index (χ3v) is 4.01. The van der Waals surface area contributed by atoms with E-state index in [4.69, 9.17) is 14.9 Å². The second-order valence-electron chi connectivity index (χ2n) is 6.35. The summed E-state index contributed by atoms with van der Waals surface area (Å²) in [6, 6.07) is 7.19. The zero-order chi connectivity index (χ0) is 23.0. The average Bonchev–Trinajstić information content (AvgIpc) is 2.71. The van der Waals surface area contributed by atoms with E-state index in [-0.39, 0.29) is 18.1 Å². The molecule has 1 aromatic heterocycles. The number of hydrogen-bond acceptors (Lipinski definition) is 7. The van der Waals surface area contributed by atoms with Crippen molar-refractivity contribution >= 4 is 29.6 Å².